The molecule has 1 aliphatic carbocycles. The minimum absolute atomic E-state index is 0.0277. The first-order chi connectivity index (χ1) is 12.3. The number of carboxylic acids is 1. The molecule has 0 spiro atoms. The van der Waals surface area contributed by atoms with Crippen molar-refractivity contribution in [2.75, 3.05) is 20.8 Å². The number of allylic oxidation sites excluding steroid dienone is 2. The number of carbonyl (C=O) groups excluding carboxylic acids is 2. The van der Waals surface area contributed by atoms with Gasteiger partial charge in [-0.25, -0.2) is 0 Å². The summed E-state index contributed by atoms with van der Waals surface area (Å²) in [6, 6.07) is 6.49. The second kappa shape index (κ2) is 7.86. The Labute approximate surface area is 150 Å². The Bertz CT molecular complexity index is 800. The molecule has 7 nitrogen and oxygen atoms in total. The van der Waals surface area contributed by atoms with Gasteiger partial charge in [-0.3, -0.25) is 14.4 Å². The number of benzene rings is 1. The molecule has 1 atom stereocenters. The van der Waals surface area contributed by atoms with Crippen molar-refractivity contribution in [1.29, 1.82) is 0 Å². The van der Waals surface area contributed by atoms with Gasteiger partial charge in [-0.15, -0.1) is 0 Å². The Hall–Kier alpha value is -3.09. The molecule has 0 aliphatic heterocycles. The molecule has 1 aromatic rings. The lowest BCUT2D eigenvalue weighted by molar-refractivity contribution is -0.138. The Morgan fingerprint density at radius 3 is 2.12 bits per heavy atom. The molecule has 1 aliphatic rings. The van der Waals surface area contributed by atoms with Crippen LogP contribution in [0.1, 0.15) is 25.3 Å². The zero-order valence-corrected chi connectivity index (χ0v) is 15.0. The van der Waals surface area contributed by atoms with Crippen LogP contribution in [0.2, 0.25) is 0 Å². The average Bonchev–Trinajstić information content (AvgIpc) is 2.63. The van der Waals surface area contributed by atoms with Crippen molar-refractivity contribution in [3.8, 4) is 5.75 Å². The molecule has 0 bridgehead atoms. The molecule has 1 aromatic carbocycles. The molecule has 0 radical (unpaired) electrons. The highest BCUT2D eigenvalue weighted by Gasteiger charge is 2.34. The third-order valence-electron chi connectivity index (χ3n) is 4.18. The second-order valence-electron chi connectivity index (χ2n) is 5.75. The van der Waals surface area contributed by atoms with Crippen LogP contribution in [-0.2, 0) is 23.9 Å². The fourth-order valence-corrected chi connectivity index (χ4v) is 2.56. The van der Waals surface area contributed by atoms with E-state index >= 15 is 0 Å². The maximum absolute atomic E-state index is 12.5. The van der Waals surface area contributed by atoms with Gasteiger partial charge < -0.3 is 19.3 Å². The van der Waals surface area contributed by atoms with Gasteiger partial charge in [0, 0.05) is 5.57 Å². The van der Waals surface area contributed by atoms with E-state index in [1.54, 1.807) is 31.2 Å². The van der Waals surface area contributed by atoms with E-state index in [2.05, 4.69) is 0 Å². The van der Waals surface area contributed by atoms with Crippen LogP contribution in [0.3, 0.4) is 0 Å². The van der Waals surface area contributed by atoms with Crippen molar-refractivity contribution in [3.63, 3.8) is 0 Å². The number of aliphatic carboxylic acids is 1. The number of ketones is 2. The van der Waals surface area contributed by atoms with Gasteiger partial charge in [0.15, 0.2) is 11.5 Å². The standard InChI is InChI=1S/C19H20O7/c1-10(19(22)23)12-5-7-13(8-6-12)26-9-14-16(21)17(24-3)11(2)15(20)18(14)25-4/h5-8,10H,9H2,1-4H3,(H,22,23). The molecule has 138 valence electrons. The third kappa shape index (κ3) is 3.61. The molecule has 0 heterocycles. The first-order valence-electron chi connectivity index (χ1n) is 7.88. The largest absolute Gasteiger partial charge is 0.492 e. The monoisotopic (exact) mass is 360 g/mol. The summed E-state index contributed by atoms with van der Waals surface area (Å²) in [7, 11) is 2.64. The van der Waals surface area contributed by atoms with Crippen molar-refractivity contribution in [3.05, 3.63) is 52.5 Å². The van der Waals surface area contributed by atoms with Crippen LogP contribution >= 0.6 is 0 Å². The lowest BCUT2D eigenvalue weighted by Gasteiger charge is -2.20. The highest BCUT2D eigenvalue weighted by atomic mass is 16.5. The van der Waals surface area contributed by atoms with Gasteiger partial charge in [0.1, 0.15) is 12.4 Å². The summed E-state index contributed by atoms with van der Waals surface area (Å²) in [6.07, 6.45) is 0. The first kappa shape index (κ1) is 19.2. The van der Waals surface area contributed by atoms with Gasteiger partial charge in [0.25, 0.3) is 0 Å². The number of ether oxygens (including phenoxy) is 3. The van der Waals surface area contributed by atoms with E-state index in [-0.39, 0.29) is 29.3 Å². The summed E-state index contributed by atoms with van der Waals surface area (Å²) in [5.74, 6) is -2.11. The minimum atomic E-state index is -0.922. The molecule has 7 heteroatoms. The first-order valence-corrected chi connectivity index (χ1v) is 7.88. The van der Waals surface area contributed by atoms with Crippen LogP contribution in [0.25, 0.3) is 0 Å². The van der Waals surface area contributed by atoms with Crippen LogP contribution < -0.4 is 4.74 Å². The van der Waals surface area contributed by atoms with E-state index in [0.29, 0.717) is 11.3 Å². The zero-order chi connectivity index (χ0) is 19.4. The Morgan fingerprint density at radius 2 is 1.62 bits per heavy atom. The molecular formula is C19H20O7. The molecule has 0 saturated heterocycles. The maximum atomic E-state index is 12.5. The van der Waals surface area contributed by atoms with Gasteiger partial charge in [0.05, 0.1) is 25.7 Å². The summed E-state index contributed by atoms with van der Waals surface area (Å²) < 4.78 is 15.7. The molecule has 1 unspecified atom stereocenters. The van der Waals surface area contributed by atoms with Crippen molar-refractivity contribution >= 4 is 17.5 Å². The van der Waals surface area contributed by atoms with E-state index in [1.165, 1.54) is 21.1 Å². The smallest absolute Gasteiger partial charge is 0.310 e. The van der Waals surface area contributed by atoms with E-state index < -0.39 is 23.5 Å². The Kier molecular flexibility index (Phi) is 5.82. The average molecular weight is 360 g/mol. The highest BCUT2D eigenvalue weighted by molar-refractivity contribution is 6.23. The number of methoxy groups -OCH3 is 2. The van der Waals surface area contributed by atoms with Crippen LogP contribution in [-0.4, -0.2) is 43.5 Å². The molecule has 1 N–H and O–H groups in total. The number of hydrogen-bond donors (Lipinski definition) is 1. The van der Waals surface area contributed by atoms with Gasteiger partial charge in [0.2, 0.25) is 11.6 Å². The second-order valence-corrected chi connectivity index (χ2v) is 5.75. The molecule has 0 aromatic heterocycles. The molecule has 26 heavy (non-hydrogen) atoms. The number of Topliss-reactive ketones (excluding diaryl/α,β-unsaturated/α-hetero) is 2. The topological polar surface area (TPSA) is 99.1 Å². The lowest BCUT2D eigenvalue weighted by atomic mass is 9.94. The SMILES string of the molecule is COC1=C(C)C(=O)C(OC)=C(COc2ccc(C(C)C(=O)O)cc2)C1=O. The summed E-state index contributed by atoms with van der Waals surface area (Å²) in [4.78, 5) is 35.8. The summed E-state index contributed by atoms with van der Waals surface area (Å²) in [5.41, 5.74) is 0.888. The fraction of sp³-hybridized carbons (Fsp3) is 0.316. The quantitative estimate of drug-likeness (QED) is 0.744. The molecule has 0 fully saturated rings. The molecule has 2 rings (SSSR count). The van der Waals surface area contributed by atoms with Gasteiger partial charge >= 0.3 is 5.97 Å². The highest BCUT2D eigenvalue weighted by Crippen LogP contribution is 2.27. The van der Waals surface area contributed by atoms with Gasteiger partial charge in [-0.05, 0) is 31.5 Å². The van der Waals surface area contributed by atoms with Crippen LogP contribution in [0.15, 0.2) is 46.9 Å². The molecule has 0 saturated carbocycles. The van der Waals surface area contributed by atoms with E-state index in [4.69, 9.17) is 19.3 Å². The molecular weight excluding hydrogens is 340 g/mol. The van der Waals surface area contributed by atoms with Crippen molar-refractivity contribution in [2.45, 2.75) is 19.8 Å². The minimum Gasteiger partial charge on any atom is -0.492 e. The van der Waals surface area contributed by atoms with Crippen LogP contribution in [0.5, 0.6) is 5.75 Å². The van der Waals surface area contributed by atoms with E-state index in [9.17, 15) is 14.4 Å². The van der Waals surface area contributed by atoms with Crippen molar-refractivity contribution in [2.24, 2.45) is 0 Å². The van der Waals surface area contributed by atoms with E-state index in [1.807, 2.05) is 0 Å². The van der Waals surface area contributed by atoms with Crippen LogP contribution in [0, 0.1) is 0 Å². The Morgan fingerprint density at radius 1 is 1.04 bits per heavy atom. The summed E-state index contributed by atoms with van der Waals surface area (Å²) in [6.45, 7) is 2.90. The van der Waals surface area contributed by atoms with Gasteiger partial charge in [-0.2, -0.15) is 0 Å². The zero-order valence-electron chi connectivity index (χ0n) is 15.0. The number of rotatable bonds is 7. The number of carbonyl (C=O) groups is 3. The summed E-state index contributed by atoms with van der Waals surface area (Å²) in [5, 5.41) is 9.02. The predicted octanol–water partition coefficient (Wildman–Crippen LogP) is 2.23. The van der Waals surface area contributed by atoms with Crippen molar-refractivity contribution < 1.29 is 33.7 Å². The lowest BCUT2D eigenvalue weighted by Crippen LogP contribution is -2.27. The fourth-order valence-electron chi connectivity index (χ4n) is 2.56. The third-order valence-corrected chi connectivity index (χ3v) is 4.18. The normalized spacial score (nSPS) is 15.8. The van der Waals surface area contributed by atoms with Crippen LogP contribution in [0.4, 0.5) is 0 Å². The Balaban J connectivity index is 2.19. The van der Waals surface area contributed by atoms with Gasteiger partial charge in [-0.1, -0.05) is 12.1 Å². The summed E-state index contributed by atoms with van der Waals surface area (Å²) >= 11 is 0. The number of hydrogen-bond acceptors (Lipinski definition) is 6. The maximum Gasteiger partial charge on any atom is 0.310 e. The predicted molar refractivity (Wildman–Crippen MR) is 91.7 cm³/mol. The van der Waals surface area contributed by atoms with Crippen molar-refractivity contribution in [1.82, 2.24) is 0 Å². The number of carboxylic acid groups (broad SMARTS) is 1. The molecule has 0 amide bonds. The van der Waals surface area contributed by atoms with E-state index in [0.717, 1.165) is 0 Å².